The van der Waals surface area contributed by atoms with Crippen LogP contribution >= 0.6 is 0 Å². The largest absolute Gasteiger partial charge is 0.379 e. The highest BCUT2D eigenvalue weighted by atomic mass is 19.3. The molecule has 126 valence electrons. The Morgan fingerprint density at radius 3 is 2.48 bits per heavy atom. The van der Waals surface area contributed by atoms with Gasteiger partial charge in [0, 0.05) is 26.6 Å². The van der Waals surface area contributed by atoms with Crippen molar-refractivity contribution in [2.45, 2.75) is 57.0 Å². The number of halogens is 4. The Labute approximate surface area is 121 Å². The molecular weight excluding hydrogens is 296 g/mol. The second-order valence-corrected chi connectivity index (χ2v) is 5.04. The molecule has 4 nitrogen and oxygen atoms in total. The third-order valence-electron chi connectivity index (χ3n) is 3.08. The molecule has 1 rings (SSSR count). The van der Waals surface area contributed by atoms with E-state index in [2.05, 4.69) is 0 Å². The van der Waals surface area contributed by atoms with Crippen molar-refractivity contribution in [1.82, 2.24) is 0 Å². The molecule has 0 aromatic heterocycles. The van der Waals surface area contributed by atoms with Crippen molar-refractivity contribution in [3.63, 3.8) is 0 Å². The van der Waals surface area contributed by atoms with Gasteiger partial charge in [-0.2, -0.15) is 0 Å². The molecule has 0 amide bonds. The predicted molar refractivity (Wildman–Crippen MR) is 66.5 cm³/mol. The first-order chi connectivity index (χ1) is 9.78. The lowest BCUT2D eigenvalue weighted by Crippen LogP contribution is -2.29. The van der Waals surface area contributed by atoms with E-state index in [0.29, 0.717) is 6.61 Å². The number of alkyl halides is 4. The average molecular weight is 318 g/mol. The van der Waals surface area contributed by atoms with Crippen molar-refractivity contribution in [3.8, 4) is 0 Å². The molecular formula is C13H22F4O4. The van der Waals surface area contributed by atoms with E-state index in [-0.39, 0.29) is 25.7 Å². The summed E-state index contributed by atoms with van der Waals surface area (Å²) in [4.78, 5) is 0. The maximum atomic E-state index is 13.3. The van der Waals surface area contributed by atoms with E-state index in [4.69, 9.17) is 18.9 Å². The van der Waals surface area contributed by atoms with Gasteiger partial charge in [0.15, 0.2) is 0 Å². The van der Waals surface area contributed by atoms with E-state index in [0.717, 1.165) is 0 Å². The van der Waals surface area contributed by atoms with Crippen LogP contribution in [0.15, 0.2) is 0 Å². The molecule has 8 heteroatoms. The van der Waals surface area contributed by atoms with Gasteiger partial charge in [0.1, 0.15) is 6.10 Å². The van der Waals surface area contributed by atoms with E-state index in [1.807, 2.05) is 0 Å². The van der Waals surface area contributed by atoms with Gasteiger partial charge in [-0.05, 0) is 6.42 Å². The zero-order valence-corrected chi connectivity index (χ0v) is 12.2. The Morgan fingerprint density at radius 2 is 1.90 bits per heavy atom. The molecule has 1 aliphatic heterocycles. The first-order valence-electron chi connectivity index (χ1n) is 6.91. The first kappa shape index (κ1) is 18.6. The number of hydrogen-bond donors (Lipinski definition) is 0. The van der Waals surface area contributed by atoms with E-state index >= 15 is 0 Å². The average Bonchev–Trinajstić information content (AvgIpc) is 2.85. The van der Waals surface area contributed by atoms with Crippen molar-refractivity contribution in [3.05, 3.63) is 0 Å². The summed E-state index contributed by atoms with van der Waals surface area (Å²) in [5.74, 6) is -6.70. The molecule has 1 saturated heterocycles. The van der Waals surface area contributed by atoms with Gasteiger partial charge in [0.05, 0.1) is 19.6 Å². The Kier molecular flexibility index (Phi) is 7.32. The van der Waals surface area contributed by atoms with Gasteiger partial charge < -0.3 is 18.9 Å². The molecule has 0 radical (unpaired) electrons. The maximum absolute atomic E-state index is 13.3. The van der Waals surface area contributed by atoms with E-state index < -0.39 is 37.6 Å². The molecule has 0 bridgehead atoms. The van der Waals surface area contributed by atoms with Gasteiger partial charge in [0.2, 0.25) is 0 Å². The predicted octanol–water partition coefficient (Wildman–Crippen LogP) is 3.20. The zero-order chi connectivity index (χ0) is 15.9. The maximum Gasteiger partial charge on any atom is 0.271 e. The fraction of sp³-hybridized carbons (Fsp3) is 1.00. The molecule has 0 aliphatic carbocycles. The molecule has 1 heterocycles. The summed E-state index contributed by atoms with van der Waals surface area (Å²) in [6, 6.07) is 0. The lowest BCUT2D eigenvalue weighted by atomic mass is 10.0. The number of hydrogen-bond acceptors (Lipinski definition) is 4. The zero-order valence-electron chi connectivity index (χ0n) is 12.2. The minimum Gasteiger partial charge on any atom is -0.379 e. The number of ether oxygens (including phenoxy) is 4. The molecule has 0 aromatic rings. The van der Waals surface area contributed by atoms with Crippen LogP contribution in [-0.2, 0) is 18.9 Å². The highest BCUT2D eigenvalue weighted by Crippen LogP contribution is 2.35. The molecule has 2 unspecified atom stereocenters. The summed E-state index contributed by atoms with van der Waals surface area (Å²) >= 11 is 0. The Hall–Kier alpha value is -0.440. The van der Waals surface area contributed by atoms with Gasteiger partial charge >= 0.3 is 0 Å². The topological polar surface area (TPSA) is 36.9 Å². The molecule has 0 saturated carbocycles. The molecule has 1 aliphatic rings. The Balaban J connectivity index is 2.10. The fourth-order valence-corrected chi connectivity index (χ4v) is 1.87. The van der Waals surface area contributed by atoms with Crippen LogP contribution in [0.2, 0.25) is 0 Å². The normalized spacial score (nSPS) is 23.7. The highest BCUT2D eigenvalue weighted by molar-refractivity contribution is 4.76. The third kappa shape index (κ3) is 7.39. The first-order valence-corrected chi connectivity index (χ1v) is 6.91. The minimum absolute atomic E-state index is 0.00801. The Morgan fingerprint density at radius 1 is 1.19 bits per heavy atom. The lowest BCUT2D eigenvalue weighted by Gasteiger charge is -2.22. The van der Waals surface area contributed by atoms with Gasteiger partial charge in [-0.3, -0.25) is 0 Å². The van der Waals surface area contributed by atoms with Crippen molar-refractivity contribution in [2.24, 2.45) is 0 Å². The van der Waals surface area contributed by atoms with E-state index in [9.17, 15) is 17.6 Å². The summed E-state index contributed by atoms with van der Waals surface area (Å²) in [7, 11) is 1.43. The molecule has 2 atom stereocenters. The van der Waals surface area contributed by atoms with Crippen LogP contribution < -0.4 is 0 Å². The quantitative estimate of drug-likeness (QED) is 0.458. The van der Waals surface area contributed by atoms with Crippen molar-refractivity contribution < 1.29 is 36.5 Å². The van der Waals surface area contributed by atoms with E-state index in [1.54, 1.807) is 0 Å². The van der Waals surface area contributed by atoms with Crippen LogP contribution in [-0.4, -0.2) is 51.4 Å². The Bertz CT molecular complexity index is 302. The van der Waals surface area contributed by atoms with Crippen LogP contribution in [0.4, 0.5) is 17.6 Å². The molecule has 0 N–H and O–H groups in total. The second-order valence-electron chi connectivity index (χ2n) is 5.04. The lowest BCUT2D eigenvalue weighted by molar-refractivity contribution is -0.225. The minimum atomic E-state index is -3.38. The van der Waals surface area contributed by atoms with Gasteiger partial charge in [-0.1, -0.05) is 6.92 Å². The van der Waals surface area contributed by atoms with Crippen LogP contribution in [0.1, 0.15) is 32.6 Å². The van der Waals surface area contributed by atoms with E-state index in [1.165, 1.54) is 14.0 Å². The van der Waals surface area contributed by atoms with Crippen molar-refractivity contribution >= 4 is 0 Å². The second kappa shape index (κ2) is 8.26. The SMILES string of the molecule is CCC(F)(F)CC(F)(F)CCCOCC1COC(OC)O1. The standard InChI is InChI=1S/C13H22F4O4/c1-3-12(14,15)9-13(16,17)5-4-6-19-7-10-8-20-11(18-2)21-10/h10-11H,3-9H2,1-2H3. The van der Waals surface area contributed by atoms with Gasteiger partial charge in [0.25, 0.3) is 18.3 Å². The van der Waals surface area contributed by atoms with Crippen LogP contribution in [0.25, 0.3) is 0 Å². The van der Waals surface area contributed by atoms with Gasteiger partial charge in [-0.25, -0.2) is 17.6 Å². The monoisotopic (exact) mass is 318 g/mol. The van der Waals surface area contributed by atoms with Crippen molar-refractivity contribution in [1.29, 1.82) is 0 Å². The molecule has 0 aromatic carbocycles. The summed E-state index contributed by atoms with van der Waals surface area (Å²) < 4.78 is 72.8. The number of rotatable bonds is 10. The summed E-state index contributed by atoms with van der Waals surface area (Å²) in [6.45, 7) is 1.02. The van der Waals surface area contributed by atoms with Crippen LogP contribution in [0.5, 0.6) is 0 Å². The summed E-state index contributed by atoms with van der Waals surface area (Å²) in [6.07, 6.45) is -2.91. The summed E-state index contributed by atoms with van der Waals surface area (Å²) in [5.41, 5.74) is 0. The molecule has 1 fully saturated rings. The third-order valence-corrected chi connectivity index (χ3v) is 3.08. The fourth-order valence-electron chi connectivity index (χ4n) is 1.87. The number of methoxy groups -OCH3 is 1. The van der Waals surface area contributed by atoms with Crippen molar-refractivity contribution in [2.75, 3.05) is 26.9 Å². The summed E-state index contributed by atoms with van der Waals surface area (Å²) in [5, 5.41) is 0. The molecule has 0 spiro atoms. The van der Waals surface area contributed by atoms with Crippen LogP contribution in [0.3, 0.4) is 0 Å². The smallest absolute Gasteiger partial charge is 0.271 e. The van der Waals surface area contributed by atoms with Gasteiger partial charge in [-0.15, -0.1) is 0 Å². The highest BCUT2D eigenvalue weighted by Gasteiger charge is 2.41. The molecule has 21 heavy (non-hydrogen) atoms. The van der Waals surface area contributed by atoms with Crippen LogP contribution in [0, 0.1) is 0 Å².